The van der Waals surface area contributed by atoms with Crippen molar-refractivity contribution < 1.29 is 21.6 Å². The minimum absolute atomic E-state index is 0.105. The molecule has 11 heteroatoms. The Morgan fingerprint density at radius 2 is 1.82 bits per heavy atom. The Hall–Kier alpha value is -1.07. The molecule has 2 N–H and O–H groups in total. The fourth-order valence-electron chi connectivity index (χ4n) is 3.68. The van der Waals surface area contributed by atoms with E-state index in [1.807, 2.05) is 6.92 Å². The van der Waals surface area contributed by atoms with Crippen LogP contribution < -0.4 is 10.6 Å². The molecule has 2 saturated heterocycles. The van der Waals surface area contributed by atoms with E-state index < -0.39 is 15.5 Å². The number of nitrogens with one attached hydrogen (secondary N) is 2. The van der Waals surface area contributed by atoms with Gasteiger partial charge in [-0.1, -0.05) is 6.42 Å². The molecule has 164 valence electrons. The van der Waals surface area contributed by atoms with Gasteiger partial charge in [0.05, 0.1) is 6.54 Å². The van der Waals surface area contributed by atoms with Crippen molar-refractivity contribution in [2.45, 2.75) is 63.5 Å². The first-order valence-electron chi connectivity index (χ1n) is 10.0. The molecule has 0 aliphatic carbocycles. The summed E-state index contributed by atoms with van der Waals surface area (Å²) in [7, 11) is -5.24. The smallest absolute Gasteiger partial charge is 0.357 e. The van der Waals surface area contributed by atoms with Gasteiger partial charge in [0, 0.05) is 38.3 Å². The standard InChI is InChI=1S/C17H32F3N5O2S/c1-3-21-16(22-9-13-24-10-5-4-6-14(24)2)23-15-7-11-25(12-8-15)28(26,27)17(18,19)20/h14-15H,3-13H2,1-2H3,(H2,21,22,23). The number of likely N-dealkylation sites (tertiary alicyclic amines) is 1. The van der Waals surface area contributed by atoms with E-state index in [9.17, 15) is 21.6 Å². The van der Waals surface area contributed by atoms with Crippen molar-refractivity contribution in [3.8, 4) is 0 Å². The van der Waals surface area contributed by atoms with E-state index in [-0.39, 0.29) is 19.1 Å². The molecule has 1 unspecified atom stereocenters. The lowest BCUT2D eigenvalue weighted by molar-refractivity contribution is -0.0494. The van der Waals surface area contributed by atoms with E-state index in [0.29, 0.717) is 42.2 Å². The van der Waals surface area contributed by atoms with Gasteiger partial charge >= 0.3 is 15.5 Å². The second kappa shape index (κ2) is 10.1. The van der Waals surface area contributed by atoms with Crippen molar-refractivity contribution in [2.75, 3.05) is 39.3 Å². The van der Waals surface area contributed by atoms with Gasteiger partial charge in [0.25, 0.3) is 0 Å². The Morgan fingerprint density at radius 1 is 1.14 bits per heavy atom. The normalized spacial score (nSPS) is 24.3. The third-order valence-electron chi connectivity index (χ3n) is 5.37. The van der Waals surface area contributed by atoms with Crippen molar-refractivity contribution >= 4 is 16.0 Å². The van der Waals surface area contributed by atoms with Crippen LogP contribution in [-0.4, -0.2) is 80.4 Å². The molecule has 1 atom stereocenters. The highest BCUT2D eigenvalue weighted by atomic mass is 32.2. The van der Waals surface area contributed by atoms with E-state index in [4.69, 9.17) is 0 Å². The highest BCUT2D eigenvalue weighted by Crippen LogP contribution is 2.28. The number of nitrogens with zero attached hydrogens (tertiary/aromatic N) is 3. The van der Waals surface area contributed by atoms with Crippen molar-refractivity contribution in [1.29, 1.82) is 0 Å². The molecule has 0 amide bonds. The van der Waals surface area contributed by atoms with Crippen LogP contribution in [0.25, 0.3) is 0 Å². The highest BCUT2D eigenvalue weighted by molar-refractivity contribution is 7.90. The Labute approximate surface area is 165 Å². The summed E-state index contributed by atoms with van der Waals surface area (Å²) >= 11 is 0. The molecule has 2 heterocycles. The molecule has 2 fully saturated rings. The number of piperidine rings is 2. The summed E-state index contributed by atoms with van der Waals surface area (Å²) in [5, 5.41) is 6.39. The Balaban J connectivity index is 1.84. The van der Waals surface area contributed by atoms with Gasteiger partial charge in [0.15, 0.2) is 5.96 Å². The molecular weight excluding hydrogens is 395 g/mol. The molecule has 28 heavy (non-hydrogen) atoms. The van der Waals surface area contributed by atoms with Crippen LogP contribution >= 0.6 is 0 Å². The molecular formula is C17H32F3N5O2S. The predicted molar refractivity (Wildman–Crippen MR) is 104 cm³/mol. The van der Waals surface area contributed by atoms with Crippen molar-refractivity contribution in [3.63, 3.8) is 0 Å². The second-order valence-electron chi connectivity index (χ2n) is 7.41. The van der Waals surface area contributed by atoms with Crippen LogP contribution in [0.5, 0.6) is 0 Å². The van der Waals surface area contributed by atoms with Gasteiger partial charge in [0.2, 0.25) is 0 Å². The van der Waals surface area contributed by atoms with E-state index in [2.05, 4.69) is 27.4 Å². The summed E-state index contributed by atoms with van der Waals surface area (Å²) < 4.78 is 61.5. The minimum Gasteiger partial charge on any atom is -0.357 e. The quantitative estimate of drug-likeness (QED) is 0.499. The summed E-state index contributed by atoms with van der Waals surface area (Å²) in [5.74, 6) is 0.629. The number of sulfonamides is 1. The number of rotatable bonds is 6. The number of halogens is 3. The lowest BCUT2D eigenvalue weighted by Crippen LogP contribution is -2.51. The monoisotopic (exact) mass is 427 g/mol. The fraction of sp³-hybridized carbons (Fsp3) is 0.941. The van der Waals surface area contributed by atoms with Crippen LogP contribution in [0.2, 0.25) is 0 Å². The first kappa shape index (κ1) is 23.2. The van der Waals surface area contributed by atoms with E-state index in [1.165, 1.54) is 19.3 Å². The summed E-state index contributed by atoms with van der Waals surface area (Å²) in [6.07, 6.45) is 4.31. The number of guanidine groups is 1. The third-order valence-corrected chi connectivity index (χ3v) is 7.00. The molecule has 0 spiro atoms. The van der Waals surface area contributed by atoms with Crippen molar-refractivity contribution in [3.05, 3.63) is 0 Å². The average molecular weight is 428 g/mol. The summed E-state index contributed by atoms with van der Waals surface area (Å²) in [6, 6.07) is 0.464. The zero-order valence-electron chi connectivity index (χ0n) is 16.6. The van der Waals surface area contributed by atoms with Crippen molar-refractivity contribution in [2.24, 2.45) is 4.99 Å². The molecule has 0 aromatic heterocycles. The summed E-state index contributed by atoms with van der Waals surface area (Å²) in [5.41, 5.74) is -5.24. The molecule has 7 nitrogen and oxygen atoms in total. The summed E-state index contributed by atoms with van der Waals surface area (Å²) in [6.45, 7) is 7.16. The zero-order valence-corrected chi connectivity index (χ0v) is 17.4. The highest BCUT2D eigenvalue weighted by Gasteiger charge is 2.50. The molecule has 0 radical (unpaired) electrons. The molecule has 0 bridgehead atoms. The lowest BCUT2D eigenvalue weighted by atomic mass is 10.0. The number of hydrogen-bond donors (Lipinski definition) is 2. The van der Waals surface area contributed by atoms with E-state index in [0.717, 1.165) is 13.1 Å². The maximum Gasteiger partial charge on any atom is 0.511 e. The van der Waals surface area contributed by atoms with Crippen LogP contribution in [-0.2, 0) is 10.0 Å². The van der Waals surface area contributed by atoms with Crippen LogP contribution in [0.3, 0.4) is 0 Å². The number of aliphatic imine (C=N–C) groups is 1. The molecule has 0 aromatic rings. The van der Waals surface area contributed by atoms with Crippen LogP contribution in [0.1, 0.15) is 46.0 Å². The largest absolute Gasteiger partial charge is 0.511 e. The van der Waals surface area contributed by atoms with Crippen LogP contribution in [0.4, 0.5) is 13.2 Å². The first-order chi connectivity index (χ1) is 13.1. The van der Waals surface area contributed by atoms with E-state index in [1.54, 1.807) is 0 Å². The van der Waals surface area contributed by atoms with Crippen LogP contribution in [0.15, 0.2) is 4.99 Å². The fourth-order valence-corrected chi connectivity index (χ4v) is 4.66. The SMILES string of the molecule is CCNC(=NCCN1CCCCC1C)NC1CCN(S(=O)(=O)C(F)(F)F)CC1. The Bertz CT molecular complexity index is 619. The average Bonchev–Trinajstić information content (AvgIpc) is 2.63. The maximum atomic E-state index is 12.7. The zero-order chi connectivity index (χ0) is 20.8. The molecule has 0 saturated carbocycles. The van der Waals surface area contributed by atoms with Gasteiger partial charge in [-0.3, -0.25) is 9.89 Å². The first-order valence-corrected chi connectivity index (χ1v) is 11.4. The number of alkyl halides is 3. The maximum absolute atomic E-state index is 12.7. The molecule has 2 aliphatic heterocycles. The second-order valence-corrected chi connectivity index (χ2v) is 9.34. The van der Waals surface area contributed by atoms with Gasteiger partial charge in [-0.2, -0.15) is 17.5 Å². The third kappa shape index (κ3) is 6.21. The van der Waals surface area contributed by atoms with Gasteiger partial charge in [-0.05, 0) is 46.1 Å². The lowest BCUT2D eigenvalue weighted by Gasteiger charge is -2.33. The van der Waals surface area contributed by atoms with Gasteiger partial charge < -0.3 is 10.6 Å². The predicted octanol–water partition coefficient (Wildman–Crippen LogP) is 1.73. The topological polar surface area (TPSA) is 77.0 Å². The van der Waals surface area contributed by atoms with E-state index >= 15 is 0 Å². The Kier molecular flexibility index (Phi) is 8.38. The van der Waals surface area contributed by atoms with Crippen LogP contribution in [0, 0.1) is 0 Å². The van der Waals surface area contributed by atoms with Crippen molar-refractivity contribution in [1.82, 2.24) is 19.8 Å². The summed E-state index contributed by atoms with van der Waals surface area (Å²) in [4.78, 5) is 7.01. The molecule has 0 aromatic carbocycles. The van der Waals surface area contributed by atoms with Gasteiger partial charge in [-0.15, -0.1) is 0 Å². The molecule has 2 rings (SSSR count). The molecule has 2 aliphatic rings. The number of hydrogen-bond acceptors (Lipinski definition) is 4. The van der Waals surface area contributed by atoms with Gasteiger partial charge in [0.1, 0.15) is 0 Å². The minimum atomic E-state index is -5.24. The Morgan fingerprint density at radius 3 is 2.39 bits per heavy atom. The van der Waals surface area contributed by atoms with Gasteiger partial charge in [-0.25, -0.2) is 8.42 Å².